The van der Waals surface area contributed by atoms with Crippen molar-refractivity contribution in [1.29, 1.82) is 0 Å². The van der Waals surface area contributed by atoms with Gasteiger partial charge in [-0.2, -0.15) is 5.10 Å². The monoisotopic (exact) mass is 334 g/mol. The highest BCUT2D eigenvalue weighted by molar-refractivity contribution is 6.32. The van der Waals surface area contributed by atoms with Crippen LogP contribution in [0.2, 0.25) is 5.02 Å². The fourth-order valence-electron chi connectivity index (χ4n) is 2.78. The van der Waals surface area contributed by atoms with Crippen LogP contribution in [-0.4, -0.2) is 29.9 Å². The summed E-state index contributed by atoms with van der Waals surface area (Å²) in [5, 5.41) is 12.1. The van der Waals surface area contributed by atoms with Crippen LogP contribution < -0.4 is 0 Å². The fourth-order valence-corrected chi connectivity index (χ4v) is 3.00. The Balaban J connectivity index is 1.61. The van der Waals surface area contributed by atoms with E-state index in [1.54, 1.807) is 10.9 Å². The molecule has 0 fully saturated rings. The van der Waals surface area contributed by atoms with Crippen molar-refractivity contribution < 1.29 is 0 Å². The maximum atomic E-state index is 6.23. The number of nitrogens with zero attached hydrogens (tertiary/aromatic N) is 4. The highest BCUT2D eigenvalue weighted by Gasteiger charge is 2.12. The standard InChI is InChI=1S/C17H11ClN6/c18-12-3-1-2-4-16(12)24-9-11(8-20-24)17-21-14-5-10-7-19-23-13(10)6-15(14)22-17/h1-9,19,23H. The highest BCUT2D eigenvalue weighted by atomic mass is 35.5. The Kier molecular flexibility index (Phi) is 2.74. The number of hydrogen-bond acceptors (Lipinski definition) is 3. The van der Waals surface area contributed by atoms with Crippen LogP contribution in [0.5, 0.6) is 0 Å². The second-order valence-corrected chi connectivity index (χ2v) is 5.92. The van der Waals surface area contributed by atoms with Gasteiger partial charge in [0.15, 0.2) is 5.82 Å². The lowest BCUT2D eigenvalue weighted by Gasteiger charge is -2.02. The summed E-state index contributed by atoms with van der Waals surface area (Å²) in [5.41, 5.74) is 4.38. The van der Waals surface area contributed by atoms with Crippen molar-refractivity contribution >= 4 is 33.5 Å². The number of aromatic amines is 2. The molecule has 0 aliphatic heterocycles. The Morgan fingerprint density at radius 3 is 2.75 bits per heavy atom. The number of hydrogen-bond donors (Lipinski definition) is 2. The largest absolute Gasteiger partial charge is 0.307 e. The van der Waals surface area contributed by atoms with Crippen LogP contribution in [0.1, 0.15) is 0 Å². The maximum Gasteiger partial charge on any atom is 0.163 e. The molecule has 2 aromatic carbocycles. The first kappa shape index (κ1) is 13.3. The van der Waals surface area contributed by atoms with Gasteiger partial charge < -0.3 is 10.2 Å². The molecular formula is C17H11ClN6. The van der Waals surface area contributed by atoms with Gasteiger partial charge in [0, 0.05) is 17.8 Å². The van der Waals surface area contributed by atoms with Gasteiger partial charge in [-0.1, -0.05) is 23.7 Å². The van der Waals surface area contributed by atoms with Crippen LogP contribution in [0.4, 0.5) is 0 Å². The normalized spacial score (nSPS) is 11.5. The molecule has 0 amide bonds. The van der Waals surface area contributed by atoms with Crippen molar-refractivity contribution in [3.8, 4) is 17.1 Å². The molecular weight excluding hydrogens is 324 g/mol. The number of nitrogens with one attached hydrogen (secondary N) is 2. The van der Waals surface area contributed by atoms with E-state index in [9.17, 15) is 0 Å². The maximum absolute atomic E-state index is 6.23. The number of fused-ring (bicyclic) bond motifs is 2. The number of imidazole rings is 1. The van der Waals surface area contributed by atoms with Crippen molar-refractivity contribution in [3.63, 3.8) is 0 Å². The number of halogens is 1. The van der Waals surface area contributed by atoms with Crippen LogP contribution in [0.15, 0.2) is 55.0 Å². The SMILES string of the molecule is Clc1ccccc1-n1cc(-c2nc3cc4c[nH][nH]c4cc3n2)cn1. The van der Waals surface area contributed by atoms with Gasteiger partial charge in [-0.3, -0.25) is 0 Å². The van der Waals surface area contributed by atoms with Crippen molar-refractivity contribution in [2.45, 2.75) is 0 Å². The second-order valence-electron chi connectivity index (χ2n) is 5.51. The van der Waals surface area contributed by atoms with E-state index in [1.165, 1.54) is 0 Å². The van der Waals surface area contributed by atoms with E-state index >= 15 is 0 Å². The first-order valence-corrected chi connectivity index (χ1v) is 7.79. The van der Waals surface area contributed by atoms with Gasteiger partial charge in [0.2, 0.25) is 0 Å². The molecule has 0 aliphatic rings. The average Bonchev–Trinajstić information content (AvgIpc) is 3.31. The Morgan fingerprint density at radius 1 is 1.04 bits per heavy atom. The van der Waals surface area contributed by atoms with Crippen molar-refractivity contribution in [2.24, 2.45) is 0 Å². The predicted octanol–water partition coefficient (Wildman–Crippen LogP) is 3.95. The average molecular weight is 335 g/mol. The molecule has 0 saturated carbocycles. The summed E-state index contributed by atoms with van der Waals surface area (Å²) in [7, 11) is 0. The summed E-state index contributed by atoms with van der Waals surface area (Å²) in [5.74, 6) is 0.653. The van der Waals surface area contributed by atoms with E-state index in [1.807, 2.05) is 48.8 Å². The number of H-pyrrole nitrogens is 2. The molecule has 0 unspecified atom stereocenters. The Hall–Kier alpha value is -3.12. The first-order valence-electron chi connectivity index (χ1n) is 7.41. The lowest BCUT2D eigenvalue weighted by molar-refractivity contribution is 0.881. The molecule has 0 atom stereocenters. The third kappa shape index (κ3) is 2.00. The predicted molar refractivity (Wildman–Crippen MR) is 93.3 cm³/mol. The summed E-state index contributed by atoms with van der Waals surface area (Å²) in [6, 6.07) is 11.6. The summed E-state index contributed by atoms with van der Waals surface area (Å²) < 4.78 is 1.73. The number of benzene rings is 2. The molecule has 2 N–H and O–H groups in total. The van der Waals surface area contributed by atoms with E-state index in [0.717, 1.165) is 33.2 Å². The van der Waals surface area contributed by atoms with E-state index in [2.05, 4.69) is 25.3 Å². The molecule has 6 nitrogen and oxygen atoms in total. The molecule has 0 radical (unpaired) electrons. The van der Waals surface area contributed by atoms with Crippen molar-refractivity contribution in [3.05, 3.63) is 60.0 Å². The van der Waals surface area contributed by atoms with Crippen molar-refractivity contribution in [1.82, 2.24) is 29.9 Å². The lowest BCUT2D eigenvalue weighted by Crippen LogP contribution is -1.94. The van der Waals surface area contributed by atoms with Gasteiger partial charge in [0.1, 0.15) is 0 Å². The number of rotatable bonds is 2. The molecule has 0 saturated heterocycles. The molecule has 3 heterocycles. The van der Waals surface area contributed by atoms with E-state index in [-0.39, 0.29) is 0 Å². The van der Waals surface area contributed by atoms with Gasteiger partial charge in [0.05, 0.1) is 39.0 Å². The van der Waals surface area contributed by atoms with E-state index in [4.69, 9.17) is 11.6 Å². The number of para-hydroxylation sites is 1. The first-order chi connectivity index (χ1) is 11.8. The third-order valence-corrected chi connectivity index (χ3v) is 4.29. The zero-order valence-corrected chi connectivity index (χ0v) is 13.1. The van der Waals surface area contributed by atoms with Crippen LogP contribution >= 0.6 is 11.6 Å². The molecule has 0 aliphatic carbocycles. The van der Waals surface area contributed by atoms with Gasteiger partial charge in [-0.05, 0) is 24.3 Å². The molecule has 5 aromatic rings. The minimum absolute atomic E-state index is 0.645. The van der Waals surface area contributed by atoms with Gasteiger partial charge >= 0.3 is 0 Å². The highest BCUT2D eigenvalue weighted by Crippen LogP contribution is 2.25. The summed E-state index contributed by atoms with van der Waals surface area (Å²) in [6.45, 7) is 0. The van der Waals surface area contributed by atoms with Gasteiger partial charge in [0.25, 0.3) is 0 Å². The molecule has 5 rings (SSSR count). The third-order valence-electron chi connectivity index (χ3n) is 3.97. The molecule has 7 heteroatoms. The fraction of sp³-hybridized carbons (Fsp3) is 0. The lowest BCUT2D eigenvalue weighted by atomic mass is 10.2. The van der Waals surface area contributed by atoms with Crippen LogP contribution in [0.25, 0.3) is 39.0 Å². The Labute approximate surface area is 141 Å². The number of aromatic nitrogens is 6. The summed E-state index contributed by atoms with van der Waals surface area (Å²) in [4.78, 5) is 9.23. The second kappa shape index (κ2) is 4.94. The van der Waals surface area contributed by atoms with E-state index in [0.29, 0.717) is 10.8 Å². The Bertz CT molecular complexity index is 1130. The molecule has 0 bridgehead atoms. The smallest absolute Gasteiger partial charge is 0.163 e. The quantitative estimate of drug-likeness (QED) is 0.513. The zero-order chi connectivity index (χ0) is 16.1. The molecule has 24 heavy (non-hydrogen) atoms. The summed E-state index contributed by atoms with van der Waals surface area (Å²) >= 11 is 6.23. The zero-order valence-electron chi connectivity index (χ0n) is 12.4. The molecule has 0 spiro atoms. The minimum Gasteiger partial charge on any atom is -0.307 e. The van der Waals surface area contributed by atoms with Gasteiger partial charge in [-0.15, -0.1) is 0 Å². The van der Waals surface area contributed by atoms with Crippen LogP contribution in [0.3, 0.4) is 0 Å². The molecule has 3 aromatic heterocycles. The van der Waals surface area contributed by atoms with Crippen LogP contribution in [0, 0.1) is 0 Å². The topological polar surface area (TPSA) is 75.2 Å². The van der Waals surface area contributed by atoms with Crippen molar-refractivity contribution in [2.75, 3.05) is 0 Å². The minimum atomic E-state index is 0.645. The summed E-state index contributed by atoms with van der Waals surface area (Å²) in [6.07, 6.45) is 5.53. The van der Waals surface area contributed by atoms with E-state index < -0.39 is 0 Å². The van der Waals surface area contributed by atoms with Crippen LogP contribution in [-0.2, 0) is 0 Å². The Morgan fingerprint density at radius 2 is 1.88 bits per heavy atom. The molecule has 116 valence electrons. The van der Waals surface area contributed by atoms with Gasteiger partial charge in [-0.25, -0.2) is 14.6 Å².